The maximum Gasteiger partial charge on any atom is 0.336 e. The molecule has 0 heterocycles. The molecule has 5 nitrogen and oxygen atoms in total. The van der Waals surface area contributed by atoms with Gasteiger partial charge in [-0.2, -0.15) is 0 Å². The molecular formula is C20H14ClNO4. The summed E-state index contributed by atoms with van der Waals surface area (Å²) in [7, 11) is 0. The van der Waals surface area contributed by atoms with Crippen LogP contribution in [0, 0.1) is 0 Å². The summed E-state index contributed by atoms with van der Waals surface area (Å²) in [5, 5.41) is 12.5. The van der Waals surface area contributed by atoms with Crippen LogP contribution in [0.3, 0.4) is 0 Å². The highest BCUT2D eigenvalue weighted by Crippen LogP contribution is 2.24. The Kier molecular flexibility index (Phi) is 5.20. The third kappa shape index (κ3) is 4.20. The lowest BCUT2D eigenvalue weighted by Gasteiger charge is -2.09. The van der Waals surface area contributed by atoms with Crippen molar-refractivity contribution in [3.63, 3.8) is 0 Å². The van der Waals surface area contributed by atoms with E-state index in [4.69, 9.17) is 21.4 Å². The summed E-state index contributed by atoms with van der Waals surface area (Å²) in [6.45, 7) is 0. The Labute approximate surface area is 154 Å². The number of benzene rings is 3. The number of carboxylic acids is 1. The minimum absolute atomic E-state index is 0.0484. The maximum atomic E-state index is 12.3. The van der Waals surface area contributed by atoms with Crippen LogP contribution in [-0.4, -0.2) is 17.0 Å². The first-order valence-corrected chi connectivity index (χ1v) is 8.08. The zero-order valence-electron chi connectivity index (χ0n) is 13.5. The topological polar surface area (TPSA) is 75.6 Å². The van der Waals surface area contributed by atoms with Gasteiger partial charge in [-0.25, -0.2) is 4.79 Å². The Morgan fingerprint density at radius 3 is 1.92 bits per heavy atom. The summed E-state index contributed by atoms with van der Waals surface area (Å²) in [6.07, 6.45) is 0. The summed E-state index contributed by atoms with van der Waals surface area (Å²) in [4.78, 5) is 23.5. The molecule has 3 rings (SSSR count). The normalized spacial score (nSPS) is 10.2. The third-order valence-corrected chi connectivity index (χ3v) is 3.82. The molecule has 0 spiro atoms. The molecule has 130 valence electrons. The number of carbonyl (C=O) groups is 2. The van der Waals surface area contributed by atoms with Gasteiger partial charge in [0.25, 0.3) is 5.91 Å². The van der Waals surface area contributed by atoms with E-state index >= 15 is 0 Å². The second kappa shape index (κ2) is 7.72. The minimum atomic E-state index is -1.15. The summed E-state index contributed by atoms with van der Waals surface area (Å²) in [5.74, 6) is -0.408. The van der Waals surface area contributed by atoms with E-state index in [0.29, 0.717) is 22.2 Å². The Bertz CT molecular complexity index is 937. The number of amides is 1. The van der Waals surface area contributed by atoms with Crippen LogP contribution in [0.25, 0.3) is 0 Å². The number of carboxylic acid groups (broad SMARTS) is 1. The molecule has 0 aliphatic heterocycles. The van der Waals surface area contributed by atoms with Gasteiger partial charge >= 0.3 is 5.97 Å². The van der Waals surface area contributed by atoms with Crippen molar-refractivity contribution in [1.82, 2.24) is 0 Å². The van der Waals surface area contributed by atoms with Crippen molar-refractivity contribution in [3.05, 3.63) is 88.9 Å². The van der Waals surface area contributed by atoms with Crippen LogP contribution < -0.4 is 10.1 Å². The van der Waals surface area contributed by atoms with Crippen molar-refractivity contribution in [2.75, 3.05) is 5.32 Å². The predicted molar refractivity (Wildman–Crippen MR) is 99.3 cm³/mol. The average Bonchev–Trinajstić information content (AvgIpc) is 2.65. The second-order valence-electron chi connectivity index (χ2n) is 5.39. The van der Waals surface area contributed by atoms with Crippen LogP contribution >= 0.6 is 11.6 Å². The number of halogens is 1. The summed E-state index contributed by atoms with van der Waals surface area (Å²) in [6, 6.07) is 19.8. The standard InChI is InChI=1S/C20H14ClNO4/c21-13-5-9-15(10-6-13)26-16-11-7-14(8-12-16)22-19(23)17-3-1-2-4-18(17)20(24)25/h1-12H,(H,22,23)(H,24,25). The van der Waals surface area contributed by atoms with E-state index in [1.165, 1.54) is 12.1 Å². The minimum Gasteiger partial charge on any atom is -0.478 e. The van der Waals surface area contributed by atoms with Crippen molar-refractivity contribution in [3.8, 4) is 11.5 Å². The molecule has 0 saturated heterocycles. The van der Waals surface area contributed by atoms with E-state index in [0.717, 1.165) is 0 Å². The fraction of sp³-hybridized carbons (Fsp3) is 0. The molecule has 0 atom stereocenters. The molecule has 2 N–H and O–H groups in total. The predicted octanol–water partition coefficient (Wildman–Crippen LogP) is 5.08. The molecule has 6 heteroatoms. The first-order chi connectivity index (χ1) is 12.5. The number of hydrogen-bond acceptors (Lipinski definition) is 3. The van der Waals surface area contributed by atoms with Crippen LogP contribution in [0.4, 0.5) is 5.69 Å². The highest BCUT2D eigenvalue weighted by molar-refractivity contribution is 6.30. The number of aromatic carboxylic acids is 1. The van der Waals surface area contributed by atoms with Crippen LogP contribution in [0.5, 0.6) is 11.5 Å². The van der Waals surface area contributed by atoms with Gasteiger partial charge in [0, 0.05) is 10.7 Å². The molecule has 26 heavy (non-hydrogen) atoms. The lowest BCUT2D eigenvalue weighted by atomic mass is 10.1. The molecule has 0 aliphatic carbocycles. The molecule has 0 aromatic heterocycles. The Morgan fingerprint density at radius 1 is 0.808 bits per heavy atom. The van der Waals surface area contributed by atoms with Crippen molar-refractivity contribution >= 4 is 29.2 Å². The van der Waals surface area contributed by atoms with Gasteiger partial charge in [0.2, 0.25) is 0 Å². The molecule has 0 radical (unpaired) electrons. The molecule has 0 bridgehead atoms. The highest BCUT2D eigenvalue weighted by atomic mass is 35.5. The SMILES string of the molecule is O=C(O)c1ccccc1C(=O)Nc1ccc(Oc2ccc(Cl)cc2)cc1. The van der Waals surface area contributed by atoms with Gasteiger partial charge in [-0.1, -0.05) is 23.7 Å². The fourth-order valence-corrected chi connectivity index (χ4v) is 2.44. The molecule has 1 amide bonds. The third-order valence-electron chi connectivity index (χ3n) is 3.56. The monoisotopic (exact) mass is 367 g/mol. The lowest BCUT2D eigenvalue weighted by molar-refractivity contribution is 0.0692. The lowest BCUT2D eigenvalue weighted by Crippen LogP contribution is -2.16. The van der Waals surface area contributed by atoms with Crippen LogP contribution in [-0.2, 0) is 0 Å². The molecule has 0 aliphatic rings. The Balaban J connectivity index is 1.70. The van der Waals surface area contributed by atoms with E-state index in [1.807, 2.05) is 0 Å². The smallest absolute Gasteiger partial charge is 0.336 e. The first kappa shape index (κ1) is 17.5. The number of nitrogens with one attached hydrogen (secondary N) is 1. The van der Waals surface area contributed by atoms with Crippen molar-refractivity contribution in [2.24, 2.45) is 0 Å². The second-order valence-corrected chi connectivity index (χ2v) is 5.82. The van der Waals surface area contributed by atoms with E-state index in [-0.39, 0.29) is 11.1 Å². The largest absolute Gasteiger partial charge is 0.478 e. The van der Waals surface area contributed by atoms with Crippen LogP contribution in [0.2, 0.25) is 5.02 Å². The van der Waals surface area contributed by atoms with Crippen LogP contribution in [0.1, 0.15) is 20.7 Å². The van der Waals surface area contributed by atoms with Gasteiger partial charge in [-0.3, -0.25) is 4.79 Å². The number of ether oxygens (including phenoxy) is 1. The van der Waals surface area contributed by atoms with Gasteiger partial charge in [-0.15, -0.1) is 0 Å². The van der Waals surface area contributed by atoms with Crippen molar-refractivity contribution < 1.29 is 19.4 Å². The molecule has 3 aromatic carbocycles. The Morgan fingerprint density at radius 2 is 1.35 bits per heavy atom. The number of hydrogen-bond donors (Lipinski definition) is 2. The number of carbonyl (C=O) groups excluding carboxylic acids is 1. The molecular weight excluding hydrogens is 354 g/mol. The van der Waals surface area contributed by atoms with Crippen molar-refractivity contribution in [1.29, 1.82) is 0 Å². The van der Waals surface area contributed by atoms with Gasteiger partial charge in [0.1, 0.15) is 11.5 Å². The van der Waals surface area contributed by atoms with Gasteiger partial charge in [0.05, 0.1) is 11.1 Å². The van der Waals surface area contributed by atoms with E-state index in [1.54, 1.807) is 60.7 Å². The number of anilines is 1. The average molecular weight is 368 g/mol. The van der Waals surface area contributed by atoms with Crippen molar-refractivity contribution in [2.45, 2.75) is 0 Å². The van der Waals surface area contributed by atoms with E-state index in [9.17, 15) is 9.59 Å². The molecule has 0 saturated carbocycles. The summed E-state index contributed by atoms with van der Waals surface area (Å²) >= 11 is 5.83. The van der Waals surface area contributed by atoms with Crippen LogP contribution in [0.15, 0.2) is 72.8 Å². The first-order valence-electron chi connectivity index (χ1n) is 7.70. The molecule has 0 fully saturated rings. The maximum absolute atomic E-state index is 12.3. The summed E-state index contributed by atoms with van der Waals surface area (Å²) < 4.78 is 5.68. The van der Waals surface area contributed by atoms with Gasteiger partial charge in [-0.05, 0) is 60.7 Å². The highest BCUT2D eigenvalue weighted by Gasteiger charge is 2.15. The zero-order valence-corrected chi connectivity index (χ0v) is 14.2. The summed E-state index contributed by atoms with van der Waals surface area (Å²) in [5.41, 5.74) is 0.577. The quantitative estimate of drug-likeness (QED) is 0.659. The van der Waals surface area contributed by atoms with E-state index in [2.05, 4.69) is 5.32 Å². The molecule has 0 unspecified atom stereocenters. The van der Waals surface area contributed by atoms with Gasteiger partial charge < -0.3 is 15.2 Å². The fourth-order valence-electron chi connectivity index (χ4n) is 2.31. The van der Waals surface area contributed by atoms with E-state index < -0.39 is 11.9 Å². The number of rotatable bonds is 5. The Hall–Kier alpha value is -3.31. The zero-order chi connectivity index (χ0) is 18.5. The van der Waals surface area contributed by atoms with Gasteiger partial charge in [0.15, 0.2) is 0 Å². The molecule has 3 aromatic rings.